The molecule has 3 nitrogen and oxygen atoms in total. The van der Waals surface area contributed by atoms with E-state index >= 15 is 0 Å². The SMILES string of the molecule is CC(C)C[C@@H](N)C(=O)C1(C)CO1. The topological polar surface area (TPSA) is 55.6 Å². The van der Waals surface area contributed by atoms with E-state index in [1.165, 1.54) is 0 Å². The summed E-state index contributed by atoms with van der Waals surface area (Å²) in [7, 11) is 0. The zero-order valence-corrected chi connectivity index (χ0v) is 7.96. The van der Waals surface area contributed by atoms with Gasteiger partial charge in [-0.25, -0.2) is 0 Å². The van der Waals surface area contributed by atoms with Crippen molar-refractivity contribution >= 4 is 5.78 Å². The zero-order chi connectivity index (χ0) is 9.35. The molecule has 0 aliphatic carbocycles. The number of hydrogen-bond donors (Lipinski definition) is 1. The van der Waals surface area contributed by atoms with Crippen LogP contribution in [0.5, 0.6) is 0 Å². The van der Waals surface area contributed by atoms with E-state index in [0.717, 1.165) is 6.42 Å². The number of carbonyl (C=O) groups is 1. The first-order chi connectivity index (χ1) is 5.46. The van der Waals surface area contributed by atoms with Crippen LogP contribution in [-0.2, 0) is 9.53 Å². The first kappa shape index (κ1) is 9.68. The van der Waals surface area contributed by atoms with Gasteiger partial charge in [0.15, 0.2) is 5.78 Å². The average Bonchev–Trinajstić information content (AvgIpc) is 2.66. The minimum absolute atomic E-state index is 0.0520. The minimum Gasteiger partial charge on any atom is -0.362 e. The molecule has 70 valence electrons. The van der Waals surface area contributed by atoms with Gasteiger partial charge in [0, 0.05) is 0 Å². The first-order valence-corrected chi connectivity index (χ1v) is 4.39. The molecule has 2 N–H and O–H groups in total. The minimum atomic E-state index is -0.547. The van der Waals surface area contributed by atoms with Gasteiger partial charge in [-0.1, -0.05) is 13.8 Å². The van der Waals surface area contributed by atoms with Gasteiger partial charge in [-0.3, -0.25) is 4.79 Å². The lowest BCUT2D eigenvalue weighted by molar-refractivity contribution is -0.125. The van der Waals surface area contributed by atoms with E-state index in [0.29, 0.717) is 12.5 Å². The smallest absolute Gasteiger partial charge is 0.183 e. The van der Waals surface area contributed by atoms with Crippen molar-refractivity contribution in [1.29, 1.82) is 0 Å². The number of ether oxygens (including phenoxy) is 1. The van der Waals surface area contributed by atoms with Crippen LogP contribution >= 0.6 is 0 Å². The van der Waals surface area contributed by atoms with Gasteiger partial charge in [-0.15, -0.1) is 0 Å². The van der Waals surface area contributed by atoms with Gasteiger partial charge < -0.3 is 10.5 Å². The molecule has 3 heteroatoms. The monoisotopic (exact) mass is 171 g/mol. The Morgan fingerprint density at radius 2 is 2.17 bits per heavy atom. The molecule has 1 fully saturated rings. The summed E-state index contributed by atoms with van der Waals surface area (Å²) in [5.74, 6) is 0.516. The lowest BCUT2D eigenvalue weighted by Crippen LogP contribution is -2.40. The largest absolute Gasteiger partial charge is 0.362 e. The Hall–Kier alpha value is -0.410. The highest BCUT2D eigenvalue weighted by Crippen LogP contribution is 2.28. The van der Waals surface area contributed by atoms with Crippen molar-refractivity contribution in [3.05, 3.63) is 0 Å². The van der Waals surface area contributed by atoms with Gasteiger partial charge >= 0.3 is 0 Å². The molecule has 1 saturated heterocycles. The van der Waals surface area contributed by atoms with Gasteiger partial charge in [-0.05, 0) is 19.3 Å². The van der Waals surface area contributed by atoms with Crippen LogP contribution in [0.15, 0.2) is 0 Å². The van der Waals surface area contributed by atoms with Crippen LogP contribution in [0.2, 0.25) is 0 Å². The lowest BCUT2D eigenvalue weighted by atomic mass is 9.94. The summed E-state index contributed by atoms with van der Waals surface area (Å²) in [4.78, 5) is 11.5. The Kier molecular flexibility index (Phi) is 2.54. The molecule has 2 atom stereocenters. The highest BCUT2D eigenvalue weighted by molar-refractivity contribution is 5.93. The van der Waals surface area contributed by atoms with Crippen molar-refractivity contribution in [2.75, 3.05) is 6.61 Å². The summed E-state index contributed by atoms with van der Waals surface area (Å²) in [6.45, 7) is 6.46. The normalized spacial score (nSPS) is 30.4. The van der Waals surface area contributed by atoms with Crippen molar-refractivity contribution in [3.63, 3.8) is 0 Å². The van der Waals surface area contributed by atoms with E-state index in [4.69, 9.17) is 10.5 Å². The number of carbonyl (C=O) groups excluding carboxylic acids is 1. The van der Waals surface area contributed by atoms with Gasteiger partial charge in [0.05, 0.1) is 12.6 Å². The fourth-order valence-corrected chi connectivity index (χ4v) is 1.26. The molecule has 1 rings (SSSR count). The van der Waals surface area contributed by atoms with Crippen LogP contribution in [-0.4, -0.2) is 24.0 Å². The molecular weight excluding hydrogens is 154 g/mol. The second kappa shape index (κ2) is 3.15. The number of hydrogen-bond acceptors (Lipinski definition) is 3. The third-order valence-corrected chi connectivity index (χ3v) is 2.16. The van der Waals surface area contributed by atoms with Crippen LogP contribution in [0.3, 0.4) is 0 Å². The summed E-state index contributed by atoms with van der Waals surface area (Å²) in [5, 5.41) is 0. The van der Waals surface area contributed by atoms with Crippen LogP contribution < -0.4 is 5.73 Å². The number of epoxide rings is 1. The van der Waals surface area contributed by atoms with Crippen LogP contribution in [0.1, 0.15) is 27.2 Å². The summed E-state index contributed by atoms with van der Waals surface area (Å²) in [5.41, 5.74) is 5.17. The maximum Gasteiger partial charge on any atom is 0.183 e. The standard InChI is InChI=1S/C9H17NO2/c1-6(2)4-7(10)8(11)9(3)5-12-9/h6-7H,4-5,10H2,1-3H3/t7-,9?/m1/s1. The average molecular weight is 171 g/mol. The molecule has 0 aromatic heterocycles. The molecular formula is C9H17NO2. The zero-order valence-electron chi connectivity index (χ0n) is 7.96. The summed E-state index contributed by atoms with van der Waals surface area (Å²) >= 11 is 0. The number of ketones is 1. The van der Waals surface area contributed by atoms with Gasteiger partial charge in [-0.2, -0.15) is 0 Å². The first-order valence-electron chi connectivity index (χ1n) is 4.39. The van der Waals surface area contributed by atoms with Gasteiger partial charge in [0.25, 0.3) is 0 Å². The number of rotatable bonds is 4. The van der Waals surface area contributed by atoms with E-state index in [2.05, 4.69) is 13.8 Å². The molecule has 0 saturated carbocycles. The fourth-order valence-electron chi connectivity index (χ4n) is 1.26. The summed E-state index contributed by atoms with van der Waals surface area (Å²) in [6.07, 6.45) is 0.748. The molecule has 12 heavy (non-hydrogen) atoms. The third-order valence-electron chi connectivity index (χ3n) is 2.16. The summed E-state index contributed by atoms with van der Waals surface area (Å²) < 4.78 is 5.03. The Labute approximate surface area is 73.3 Å². The van der Waals surface area contributed by atoms with E-state index < -0.39 is 5.60 Å². The highest BCUT2D eigenvalue weighted by atomic mass is 16.6. The van der Waals surface area contributed by atoms with E-state index in [9.17, 15) is 4.79 Å². The van der Waals surface area contributed by atoms with Crippen molar-refractivity contribution < 1.29 is 9.53 Å². The van der Waals surface area contributed by atoms with Crippen molar-refractivity contribution in [3.8, 4) is 0 Å². The van der Waals surface area contributed by atoms with Crippen molar-refractivity contribution in [2.24, 2.45) is 11.7 Å². The number of Topliss-reactive ketones (excluding diaryl/α,β-unsaturated/α-hetero) is 1. The molecule has 0 aromatic rings. The van der Waals surface area contributed by atoms with Crippen LogP contribution in [0, 0.1) is 5.92 Å². The van der Waals surface area contributed by atoms with Crippen molar-refractivity contribution in [1.82, 2.24) is 0 Å². The van der Waals surface area contributed by atoms with E-state index in [1.807, 2.05) is 0 Å². The predicted octanol–water partition coefficient (Wildman–Crippen LogP) is 0.718. The molecule has 1 aliphatic heterocycles. The van der Waals surface area contributed by atoms with E-state index in [-0.39, 0.29) is 11.8 Å². The molecule has 1 heterocycles. The fraction of sp³-hybridized carbons (Fsp3) is 0.889. The molecule has 1 unspecified atom stereocenters. The van der Waals surface area contributed by atoms with Crippen molar-refractivity contribution in [2.45, 2.75) is 38.8 Å². The Morgan fingerprint density at radius 3 is 2.50 bits per heavy atom. The Morgan fingerprint density at radius 1 is 1.67 bits per heavy atom. The second-order valence-electron chi connectivity index (χ2n) is 4.12. The molecule has 0 bridgehead atoms. The molecule has 0 radical (unpaired) electrons. The Balaban J connectivity index is 2.42. The molecule has 0 spiro atoms. The molecule has 0 aromatic carbocycles. The van der Waals surface area contributed by atoms with Crippen LogP contribution in [0.25, 0.3) is 0 Å². The third kappa shape index (κ3) is 2.05. The second-order valence-corrected chi connectivity index (χ2v) is 4.12. The maximum absolute atomic E-state index is 11.5. The van der Waals surface area contributed by atoms with E-state index in [1.54, 1.807) is 6.92 Å². The molecule has 0 amide bonds. The quantitative estimate of drug-likeness (QED) is 0.634. The lowest BCUT2D eigenvalue weighted by Gasteiger charge is -2.14. The maximum atomic E-state index is 11.5. The predicted molar refractivity (Wildman–Crippen MR) is 46.8 cm³/mol. The highest BCUT2D eigenvalue weighted by Gasteiger charge is 2.48. The van der Waals surface area contributed by atoms with Gasteiger partial charge in [0.1, 0.15) is 5.60 Å². The summed E-state index contributed by atoms with van der Waals surface area (Å²) in [6, 6.07) is -0.350. The van der Waals surface area contributed by atoms with Crippen LogP contribution in [0.4, 0.5) is 0 Å². The Bertz CT molecular complexity index is 185. The number of nitrogens with two attached hydrogens (primary N) is 1. The molecule has 1 aliphatic rings. The van der Waals surface area contributed by atoms with Gasteiger partial charge in [0.2, 0.25) is 0 Å².